The molecule has 0 spiro atoms. The molecule has 1 amide bonds. The van der Waals surface area contributed by atoms with Crippen LogP contribution in [0.25, 0.3) is 10.9 Å². The molecular formula is C12H16ClN3O. The summed E-state index contributed by atoms with van der Waals surface area (Å²) in [6.45, 7) is 0.693. The molecule has 1 heterocycles. The van der Waals surface area contributed by atoms with E-state index in [-0.39, 0.29) is 18.3 Å². The fourth-order valence-corrected chi connectivity index (χ4v) is 1.59. The van der Waals surface area contributed by atoms with Crippen molar-refractivity contribution in [3.05, 3.63) is 30.5 Å². The molecule has 0 fully saturated rings. The summed E-state index contributed by atoms with van der Waals surface area (Å²) in [6, 6.07) is 7.81. The van der Waals surface area contributed by atoms with Gasteiger partial charge in [-0.15, -0.1) is 12.4 Å². The van der Waals surface area contributed by atoms with Gasteiger partial charge in [0.15, 0.2) is 0 Å². The number of carbonyl (C=O) groups is 1. The molecule has 0 radical (unpaired) electrons. The third-order valence-corrected chi connectivity index (χ3v) is 2.44. The summed E-state index contributed by atoms with van der Waals surface area (Å²) in [4.78, 5) is 14.6. The Balaban J connectivity index is 0.00000144. The molecule has 1 aromatic carbocycles. The topological polar surface area (TPSA) is 56.9 Å². The SMILES string of the molecule is CNCCC(=O)Nc1ccc2[nH]ccc2c1.Cl. The molecule has 0 aliphatic carbocycles. The van der Waals surface area contributed by atoms with Gasteiger partial charge in [-0.1, -0.05) is 0 Å². The summed E-state index contributed by atoms with van der Waals surface area (Å²) < 4.78 is 0. The van der Waals surface area contributed by atoms with Crippen LogP contribution in [-0.2, 0) is 4.79 Å². The molecule has 4 nitrogen and oxygen atoms in total. The van der Waals surface area contributed by atoms with Gasteiger partial charge < -0.3 is 15.6 Å². The molecule has 17 heavy (non-hydrogen) atoms. The van der Waals surface area contributed by atoms with E-state index < -0.39 is 0 Å². The van der Waals surface area contributed by atoms with Crippen molar-refractivity contribution in [1.82, 2.24) is 10.3 Å². The number of halogens is 1. The molecule has 0 atom stereocenters. The molecule has 2 aromatic rings. The third kappa shape index (κ3) is 3.47. The van der Waals surface area contributed by atoms with Crippen LogP contribution in [0.4, 0.5) is 5.69 Å². The van der Waals surface area contributed by atoms with E-state index in [1.807, 2.05) is 37.5 Å². The zero-order valence-electron chi connectivity index (χ0n) is 9.62. The highest BCUT2D eigenvalue weighted by Gasteiger charge is 2.02. The smallest absolute Gasteiger partial charge is 0.225 e. The van der Waals surface area contributed by atoms with E-state index in [4.69, 9.17) is 0 Å². The first-order valence-corrected chi connectivity index (χ1v) is 5.31. The number of aromatic nitrogens is 1. The molecule has 0 unspecified atom stereocenters. The van der Waals surface area contributed by atoms with Gasteiger partial charge in [0.1, 0.15) is 0 Å². The maximum atomic E-state index is 11.5. The quantitative estimate of drug-likeness (QED) is 0.782. The van der Waals surface area contributed by atoms with Crippen LogP contribution in [0.15, 0.2) is 30.5 Å². The van der Waals surface area contributed by atoms with Gasteiger partial charge in [0, 0.05) is 35.8 Å². The van der Waals surface area contributed by atoms with Crippen LogP contribution in [0.5, 0.6) is 0 Å². The minimum atomic E-state index is 0. The third-order valence-electron chi connectivity index (χ3n) is 2.44. The van der Waals surface area contributed by atoms with Gasteiger partial charge in [0.05, 0.1) is 0 Å². The average molecular weight is 254 g/mol. The minimum Gasteiger partial charge on any atom is -0.361 e. The Bertz CT molecular complexity index is 495. The van der Waals surface area contributed by atoms with Crippen LogP contribution in [0.2, 0.25) is 0 Å². The van der Waals surface area contributed by atoms with E-state index in [0.717, 1.165) is 16.6 Å². The number of fused-ring (bicyclic) bond motifs is 1. The van der Waals surface area contributed by atoms with Crippen molar-refractivity contribution in [2.45, 2.75) is 6.42 Å². The van der Waals surface area contributed by atoms with E-state index >= 15 is 0 Å². The Kier molecular flexibility index (Phi) is 5.00. The molecule has 0 saturated heterocycles. The van der Waals surface area contributed by atoms with Gasteiger partial charge in [0.2, 0.25) is 5.91 Å². The number of hydrogen-bond donors (Lipinski definition) is 3. The second kappa shape index (κ2) is 6.27. The van der Waals surface area contributed by atoms with Crippen LogP contribution in [0, 0.1) is 0 Å². The van der Waals surface area contributed by atoms with Crippen molar-refractivity contribution in [1.29, 1.82) is 0 Å². The summed E-state index contributed by atoms with van der Waals surface area (Å²) in [5, 5.41) is 6.91. The van der Waals surface area contributed by atoms with Gasteiger partial charge in [-0.2, -0.15) is 0 Å². The second-order valence-corrected chi connectivity index (χ2v) is 3.68. The molecule has 0 aliphatic heterocycles. The number of H-pyrrole nitrogens is 1. The second-order valence-electron chi connectivity index (χ2n) is 3.68. The normalized spacial score (nSPS) is 9.94. The standard InChI is InChI=1S/C12H15N3O.ClH/c1-13-6-5-12(16)15-10-2-3-11-9(8-10)4-7-14-11;/h2-4,7-8,13-14H,5-6H2,1H3,(H,15,16);1H. The highest BCUT2D eigenvalue weighted by atomic mass is 35.5. The van der Waals surface area contributed by atoms with Gasteiger partial charge >= 0.3 is 0 Å². The number of amides is 1. The monoisotopic (exact) mass is 253 g/mol. The summed E-state index contributed by atoms with van der Waals surface area (Å²) in [6.07, 6.45) is 2.37. The summed E-state index contributed by atoms with van der Waals surface area (Å²) in [5.41, 5.74) is 1.92. The van der Waals surface area contributed by atoms with Crippen molar-refractivity contribution < 1.29 is 4.79 Å². The molecular weight excluding hydrogens is 238 g/mol. The predicted molar refractivity (Wildman–Crippen MR) is 72.7 cm³/mol. The summed E-state index contributed by atoms with van der Waals surface area (Å²) in [7, 11) is 1.83. The first-order valence-electron chi connectivity index (χ1n) is 5.31. The van der Waals surface area contributed by atoms with Crippen molar-refractivity contribution in [3.63, 3.8) is 0 Å². The lowest BCUT2D eigenvalue weighted by Crippen LogP contribution is -2.18. The van der Waals surface area contributed by atoms with Gasteiger partial charge in [-0.25, -0.2) is 0 Å². The molecule has 1 aromatic heterocycles. The zero-order valence-corrected chi connectivity index (χ0v) is 10.4. The average Bonchev–Trinajstić information content (AvgIpc) is 2.73. The summed E-state index contributed by atoms with van der Waals surface area (Å²) in [5.74, 6) is 0.0317. The molecule has 0 saturated carbocycles. The Morgan fingerprint density at radius 1 is 1.35 bits per heavy atom. The van der Waals surface area contributed by atoms with Gasteiger partial charge in [-0.3, -0.25) is 4.79 Å². The lowest BCUT2D eigenvalue weighted by Gasteiger charge is -2.04. The largest absolute Gasteiger partial charge is 0.361 e. The predicted octanol–water partition coefficient (Wildman–Crippen LogP) is 2.14. The van der Waals surface area contributed by atoms with E-state index in [1.165, 1.54) is 0 Å². The molecule has 0 aliphatic rings. The van der Waals surface area contributed by atoms with E-state index in [1.54, 1.807) is 0 Å². The first kappa shape index (κ1) is 13.5. The highest BCUT2D eigenvalue weighted by molar-refractivity contribution is 5.93. The molecule has 2 rings (SSSR count). The fourth-order valence-electron chi connectivity index (χ4n) is 1.59. The zero-order chi connectivity index (χ0) is 11.4. The number of carbonyl (C=O) groups excluding carboxylic acids is 1. The number of benzene rings is 1. The van der Waals surface area contributed by atoms with Crippen LogP contribution >= 0.6 is 12.4 Å². The number of aromatic amines is 1. The number of anilines is 1. The lowest BCUT2D eigenvalue weighted by atomic mass is 10.2. The molecule has 3 N–H and O–H groups in total. The van der Waals surface area contributed by atoms with Crippen LogP contribution in [0.3, 0.4) is 0 Å². The Morgan fingerprint density at radius 2 is 2.18 bits per heavy atom. The van der Waals surface area contributed by atoms with Crippen LogP contribution in [0.1, 0.15) is 6.42 Å². The number of hydrogen-bond acceptors (Lipinski definition) is 2. The number of nitrogens with one attached hydrogen (secondary N) is 3. The van der Waals surface area contributed by atoms with E-state index in [9.17, 15) is 4.79 Å². The maximum Gasteiger partial charge on any atom is 0.225 e. The van der Waals surface area contributed by atoms with E-state index in [2.05, 4.69) is 15.6 Å². The van der Waals surface area contributed by atoms with Crippen molar-refractivity contribution in [3.8, 4) is 0 Å². The lowest BCUT2D eigenvalue weighted by molar-refractivity contribution is -0.116. The Labute approximate surface area is 106 Å². The van der Waals surface area contributed by atoms with Gasteiger partial charge in [-0.05, 0) is 31.3 Å². The fraction of sp³-hybridized carbons (Fsp3) is 0.250. The van der Waals surface area contributed by atoms with Crippen molar-refractivity contribution in [2.75, 3.05) is 18.9 Å². The highest BCUT2D eigenvalue weighted by Crippen LogP contribution is 2.17. The maximum absolute atomic E-state index is 11.5. The van der Waals surface area contributed by atoms with Gasteiger partial charge in [0.25, 0.3) is 0 Å². The molecule has 92 valence electrons. The van der Waals surface area contributed by atoms with Crippen molar-refractivity contribution >= 4 is 34.9 Å². The van der Waals surface area contributed by atoms with Crippen molar-refractivity contribution in [2.24, 2.45) is 0 Å². The molecule has 0 bridgehead atoms. The van der Waals surface area contributed by atoms with Crippen LogP contribution in [-0.4, -0.2) is 24.5 Å². The molecule has 5 heteroatoms. The Hall–Kier alpha value is -1.52. The number of rotatable bonds is 4. The van der Waals surface area contributed by atoms with E-state index in [0.29, 0.717) is 13.0 Å². The minimum absolute atomic E-state index is 0. The van der Waals surface area contributed by atoms with Crippen LogP contribution < -0.4 is 10.6 Å². The Morgan fingerprint density at radius 3 is 2.94 bits per heavy atom. The summed E-state index contributed by atoms with van der Waals surface area (Å²) >= 11 is 0. The first-order chi connectivity index (χ1) is 7.79.